The number of hydrogen-bond donors (Lipinski definition) is 1. The number of nitrogens with zero attached hydrogens (tertiary/aromatic N) is 4. The minimum absolute atomic E-state index is 0.221. The number of hydrogen-bond acceptors (Lipinski definition) is 3. The van der Waals surface area contributed by atoms with E-state index in [0.29, 0.717) is 11.3 Å². The average Bonchev–Trinajstić information content (AvgIpc) is 3.14. The maximum Gasteiger partial charge on any atom is 0.132 e. The van der Waals surface area contributed by atoms with Crippen LogP contribution in [0.3, 0.4) is 0 Å². The molecule has 0 amide bonds. The van der Waals surface area contributed by atoms with Crippen LogP contribution in [0.1, 0.15) is 17.5 Å². The number of benzene rings is 1. The molecule has 0 saturated carbocycles. The van der Waals surface area contributed by atoms with Gasteiger partial charge in [0.05, 0.1) is 17.6 Å². The molecule has 2 aromatic heterocycles. The maximum atomic E-state index is 14.5. The smallest absolute Gasteiger partial charge is 0.132 e. The van der Waals surface area contributed by atoms with Gasteiger partial charge >= 0.3 is 0 Å². The molecule has 1 aliphatic rings. The molecule has 6 heteroatoms. The molecule has 1 fully saturated rings. The summed E-state index contributed by atoms with van der Waals surface area (Å²) >= 11 is 0. The summed E-state index contributed by atoms with van der Waals surface area (Å²) in [5.74, 6) is -0.221. The normalized spacial score (nSPS) is 14.8. The fourth-order valence-electron chi connectivity index (χ4n) is 3.16. The highest BCUT2D eigenvalue weighted by Crippen LogP contribution is 2.31. The molecule has 3 aromatic rings. The molecule has 0 atom stereocenters. The van der Waals surface area contributed by atoms with Crippen LogP contribution in [0.25, 0.3) is 22.5 Å². The van der Waals surface area contributed by atoms with Gasteiger partial charge in [0.25, 0.3) is 0 Å². The Balaban J connectivity index is 1.70. The first kappa shape index (κ1) is 15.1. The van der Waals surface area contributed by atoms with Gasteiger partial charge in [-0.05, 0) is 49.7 Å². The van der Waals surface area contributed by atoms with E-state index in [-0.39, 0.29) is 5.82 Å². The zero-order valence-corrected chi connectivity index (χ0v) is 13.9. The van der Waals surface area contributed by atoms with Crippen molar-refractivity contribution >= 4 is 0 Å². The zero-order valence-electron chi connectivity index (χ0n) is 13.9. The van der Waals surface area contributed by atoms with Crippen LogP contribution in [0, 0.1) is 12.7 Å². The number of halogens is 1. The summed E-state index contributed by atoms with van der Waals surface area (Å²) < 4.78 is 16.2. The van der Waals surface area contributed by atoms with Gasteiger partial charge in [-0.2, -0.15) is 10.2 Å². The van der Waals surface area contributed by atoms with Crippen molar-refractivity contribution < 1.29 is 4.39 Å². The van der Waals surface area contributed by atoms with Crippen LogP contribution < -0.4 is 0 Å². The Morgan fingerprint density at radius 2 is 2.12 bits per heavy atom. The molecule has 3 heterocycles. The molecule has 4 rings (SSSR count). The summed E-state index contributed by atoms with van der Waals surface area (Å²) in [4.78, 5) is 2.37. The maximum absolute atomic E-state index is 14.5. The minimum atomic E-state index is -0.221. The van der Waals surface area contributed by atoms with Crippen LogP contribution in [0.2, 0.25) is 0 Å². The minimum Gasteiger partial charge on any atom is -0.299 e. The van der Waals surface area contributed by atoms with Crippen molar-refractivity contribution in [3.8, 4) is 22.5 Å². The van der Waals surface area contributed by atoms with Gasteiger partial charge in [0, 0.05) is 30.9 Å². The summed E-state index contributed by atoms with van der Waals surface area (Å²) in [5, 5.41) is 11.5. The quantitative estimate of drug-likeness (QED) is 0.802. The fraction of sp³-hybridized carbons (Fsp3) is 0.333. The lowest BCUT2D eigenvalue weighted by atomic mass is 9.98. The van der Waals surface area contributed by atoms with Crippen molar-refractivity contribution in [1.29, 1.82) is 0 Å². The topological polar surface area (TPSA) is 49.7 Å². The third-order valence-electron chi connectivity index (χ3n) is 4.72. The van der Waals surface area contributed by atoms with Crippen molar-refractivity contribution in [2.24, 2.45) is 7.05 Å². The Morgan fingerprint density at radius 1 is 1.29 bits per heavy atom. The van der Waals surface area contributed by atoms with Gasteiger partial charge < -0.3 is 0 Å². The second-order valence-corrected chi connectivity index (χ2v) is 6.41. The van der Waals surface area contributed by atoms with E-state index >= 15 is 0 Å². The molecule has 5 nitrogen and oxygen atoms in total. The van der Waals surface area contributed by atoms with Crippen molar-refractivity contribution in [3.05, 3.63) is 47.5 Å². The predicted octanol–water partition coefficient (Wildman–Crippen LogP) is 3.13. The van der Waals surface area contributed by atoms with Crippen LogP contribution in [0.4, 0.5) is 4.39 Å². The molecule has 0 aliphatic carbocycles. The highest BCUT2D eigenvalue weighted by Gasteiger charge is 2.19. The third kappa shape index (κ3) is 2.63. The number of aryl methyl sites for hydroxylation is 1. The summed E-state index contributed by atoms with van der Waals surface area (Å²) in [6.45, 7) is 5.11. The van der Waals surface area contributed by atoms with Gasteiger partial charge in [-0.1, -0.05) is 6.07 Å². The first-order chi connectivity index (χ1) is 11.6. The molecule has 124 valence electrons. The molecular formula is C18H20FN5. The second kappa shape index (κ2) is 5.87. The van der Waals surface area contributed by atoms with E-state index in [9.17, 15) is 4.39 Å². The molecule has 0 unspecified atom stereocenters. The van der Waals surface area contributed by atoms with Gasteiger partial charge in [-0.3, -0.25) is 14.7 Å². The van der Waals surface area contributed by atoms with Gasteiger partial charge in [0.15, 0.2) is 0 Å². The number of nitrogens with one attached hydrogen (secondary N) is 1. The standard InChI is InChI=1S/C18H20FN5/c1-12-13(11-24-6-3-7-24)4-5-15(19)18(12)17-8-16(21-22-17)14-9-20-23(2)10-14/h4-5,8-10H,3,6-7,11H2,1-2H3,(H,21,22). The number of likely N-dealkylation sites (tertiary alicyclic amines) is 1. The highest BCUT2D eigenvalue weighted by atomic mass is 19.1. The van der Waals surface area contributed by atoms with E-state index in [2.05, 4.69) is 20.2 Å². The van der Waals surface area contributed by atoms with Gasteiger partial charge in [-0.25, -0.2) is 4.39 Å². The van der Waals surface area contributed by atoms with E-state index in [1.807, 2.05) is 32.3 Å². The predicted molar refractivity (Wildman–Crippen MR) is 90.8 cm³/mol. The first-order valence-electron chi connectivity index (χ1n) is 8.17. The zero-order chi connectivity index (χ0) is 16.7. The number of aromatic amines is 1. The number of aromatic nitrogens is 4. The van der Waals surface area contributed by atoms with E-state index in [4.69, 9.17) is 0 Å². The Hall–Kier alpha value is -2.47. The van der Waals surface area contributed by atoms with Crippen molar-refractivity contribution in [2.75, 3.05) is 13.1 Å². The first-order valence-corrected chi connectivity index (χ1v) is 8.17. The lowest BCUT2D eigenvalue weighted by Crippen LogP contribution is -2.36. The van der Waals surface area contributed by atoms with Crippen molar-refractivity contribution in [1.82, 2.24) is 24.9 Å². The fourth-order valence-corrected chi connectivity index (χ4v) is 3.16. The van der Waals surface area contributed by atoms with Crippen molar-refractivity contribution in [2.45, 2.75) is 19.9 Å². The SMILES string of the molecule is Cc1c(CN2CCC2)ccc(F)c1-c1cc(-c2cnn(C)c2)n[nH]1. The van der Waals surface area contributed by atoms with E-state index in [0.717, 1.165) is 36.5 Å². The second-order valence-electron chi connectivity index (χ2n) is 6.41. The van der Waals surface area contributed by atoms with Gasteiger partial charge in [-0.15, -0.1) is 0 Å². The van der Waals surface area contributed by atoms with Gasteiger partial charge in [0.1, 0.15) is 5.82 Å². The van der Waals surface area contributed by atoms with Crippen LogP contribution in [-0.2, 0) is 13.6 Å². The lowest BCUT2D eigenvalue weighted by Gasteiger charge is -2.31. The number of rotatable bonds is 4. The summed E-state index contributed by atoms with van der Waals surface area (Å²) in [6, 6.07) is 5.34. The summed E-state index contributed by atoms with van der Waals surface area (Å²) in [7, 11) is 1.86. The lowest BCUT2D eigenvalue weighted by molar-refractivity contribution is 0.172. The molecular weight excluding hydrogens is 305 g/mol. The Labute approximate surface area is 140 Å². The summed E-state index contributed by atoms with van der Waals surface area (Å²) in [6.07, 6.45) is 4.90. The van der Waals surface area contributed by atoms with Crippen LogP contribution >= 0.6 is 0 Å². The van der Waals surface area contributed by atoms with Crippen LogP contribution in [-0.4, -0.2) is 38.0 Å². The van der Waals surface area contributed by atoms with Crippen LogP contribution in [0.15, 0.2) is 30.6 Å². The molecule has 0 spiro atoms. The van der Waals surface area contributed by atoms with E-state index < -0.39 is 0 Å². The molecule has 24 heavy (non-hydrogen) atoms. The average molecular weight is 325 g/mol. The Bertz CT molecular complexity index is 875. The Morgan fingerprint density at radius 3 is 2.79 bits per heavy atom. The Kier molecular flexibility index (Phi) is 3.69. The monoisotopic (exact) mass is 325 g/mol. The van der Waals surface area contributed by atoms with Crippen LogP contribution in [0.5, 0.6) is 0 Å². The molecule has 1 saturated heterocycles. The van der Waals surface area contributed by atoms with Gasteiger partial charge in [0.2, 0.25) is 0 Å². The molecule has 1 aliphatic heterocycles. The highest BCUT2D eigenvalue weighted by molar-refractivity contribution is 5.71. The largest absolute Gasteiger partial charge is 0.299 e. The number of H-pyrrole nitrogens is 1. The molecule has 1 aromatic carbocycles. The third-order valence-corrected chi connectivity index (χ3v) is 4.72. The van der Waals surface area contributed by atoms with Crippen molar-refractivity contribution in [3.63, 3.8) is 0 Å². The summed E-state index contributed by atoms with van der Waals surface area (Å²) in [5.41, 5.74) is 5.14. The molecule has 0 bridgehead atoms. The van der Waals surface area contributed by atoms with E-state index in [1.54, 1.807) is 16.9 Å². The molecule has 0 radical (unpaired) electrons. The molecule has 1 N–H and O–H groups in total. The van der Waals surface area contributed by atoms with E-state index in [1.165, 1.54) is 12.0 Å².